The van der Waals surface area contributed by atoms with Crippen molar-refractivity contribution in [2.45, 2.75) is 24.8 Å². The van der Waals surface area contributed by atoms with E-state index in [-0.39, 0.29) is 12.3 Å². The van der Waals surface area contributed by atoms with Gasteiger partial charge in [0.25, 0.3) is 5.69 Å². The van der Waals surface area contributed by atoms with Crippen LogP contribution < -0.4 is 0 Å². The fraction of sp³-hybridized carbons (Fsp3) is 0.400. The smallest absolute Gasteiger partial charge is 0.274 e. The molecule has 0 aliphatic rings. The van der Waals surface area contributed by atoms with E-state index in [0.717, 1.165) is 17.1 Å². The highest BCUT2D eigenvalue weighted by atomic mass is 32.2. The molecule has 5 heteroatoms. The van der Waals surface area contributed by atoms with Gasteiger partial charge < -0.3 is 5.11 Å². The Morgan fingerprint density at radius 1 is 1.53 bits per heavy atom. The maximum absolute atomic E-state index is 10.6. The molecular formula is C10H13NO3S. The Morgan fingerprint density at radius 3 is 2.80 bits per heavy atom. The minimum atomic E-state index is -0.472. The molecule has 0 unspecified atom stereocenters. The SMILES string of the molecule is CCCSc1ccc([N+](=O)[O-])c(CO)c1. The zero-order valence-electron chi connectivity index (χ0n) is 8.47. The number of nitro groups is 1. The molecule has 1 aromatic rings. The lowest BCUT2D eigenvalue weighted by Crippen LogP contribution is -1.95. The molecular weight excluding hydrogens is 214 g/mol. The van der Waals surface area contributed by atoms with Crippen LogP contribution in [-0.2, 0) is 6.61 Å². The number of nitro benzene ring substituents is 1. The van der Waals surface area contributed by atoms with E-state index in [1.165, 1.54) is 6.07 Å². The van der Waals surface area contributed by atoms with Gasteiger partial charge in [0.1, 0.15) is 0 Å². The molecule has 15 heavy (non-hydrogen) atoms. The van der Waals surface area contributed by atoms with Gasteiger partial charge in [-0.2, -0.15) is 0 Å². The second kappa shape index (κ2) is 5.72. The van der Waals surface area contributed by atoms with Crippen molar-refractivity contribution in [3.05, 3.63) is 33.9 Å². The summed E-state index contributed by atoms with van der Waals surface area (Å²) in [4.78, 5) is 11.1. The molecule has 0 fully saturated rings. The minimum Gasteiger partial charge on any atom is -0.391 e. The summed E-state index contributed by atoms with van der Waals surface area (Å²) in [5.41, 5.74) is 0.361. The largest absolute Gasteiger partial charge is 0.391 e. The summed E-state index contributed by atoms with van der Waals surface area (Å²) in [6, 6.07) is 4.85. The molecule has 0 heterocycles. The van der Waals surface area contributed by atoms with Crippen molar-refractivity contribution in [1.82, 2.24) is 0 Å². The molecule has 0 saturated carbocycles. The van der Waals surface area contributed by atoms with E-state index in [1.54, 1.807) is 23.9 Å². The molecule has 0 aliphatic carbocycles. The number of benzene rings is 1. The number of aliphatic hydroxyl groups excluding tert-OH is 1. The number of thioether (sulfide) groups is 1. The molecule has 0 bridgehead atoms. The number of aliphatic hydroxyl groups is 1. The number of rotatable bonds is 5. The molecule has 0 atom stereocenters. The summed E-state index contributed by atoms with van der Waals surface area (Å²) >= 11 is 1.64. The topological polar surface area (TPSA) is 63.4 Å². The molecule has 0 aromatic heterocycles. The van der Waals surface area contributed by atoms with Crippen LogP contribution in [0.1, 0.15) is 18.9 Å². The van der Waals surface area contributed by atoms with Crippen LogP contribution in [0.3, 0.4) is 0 Å². The zero-order valence-corrected chi connectivity index (χ0v) is 9.29. The summed E-state index contributed by atoms with van der Waals surface area (Å²) in [6.45, 7) is 1.78. The van der Waals surface area contributed by atoms with Gasteiger partial charge >= 0.3 is 0 Å². The highest BCUT2D eigenvalue weighted by Crippen LogP contribution is 2.26. The van der Waals surface area contributed by atoms with E-state index in [0.29, 0.717) is 5.56 Å². The van der Waals surface area contributed by atoms with E-state index >= 15 is 0 Å². The molecule has 0 aliphatic heterocycles. The lowest BCUT2D eigenvalue weighted by Gasteiger charge is -2.03. The molecule has 1 N–H and O–H groups in total. The first-order valence-electron chi connectivity index (χ1n) is 4.70. The lowest BCUT2D eigenvalue weighted by atomic mass is 10.2. The van der Waals surface area contributed by atoms with Crippen molar-refractivity contribution in [2.75, 3.05) is 5.75 Å². The van der Waals surface area contributed by atoms with Crippen LogP contribution in [0.2, 0.25) is 0 Å². The third-order valence-corrected chi connectivity index (χ3v) is 3.09. The van der Waals surface area contributed by atoms with E-state index in [1.807, 2.05) is 0 Å². The summed E-state index contributed by atoms with van der Waals surface area (Å²) < 4.78 is 0. The minimum absolute atomic E-state index is 0.0154. The van der Waals surface area contributed by atoms with Crippen molar-refractivity contribution < 1.29 is 10.0 Å². The second-order valence-electron chi connectivity index (χ2n) is 3.05. The van der Waals surface area contributed by atoms with E-state index in [4.69, 9.17) is 5.11 Å². The van der Waals surface area contributed by atoms with Crippen LogP contribution in [0.15, 0.2) is 23.1 Å². The van der Waals surface area contributed by atoms with E-state index < -0.39 is 4.92 Å². The van der Waals surface area contributed by atoms with Gasteiger partial charge in [-0.15, -0.1) is 11.8 Å². The van der Waals surface area contributed by atoms with Gasteiger partial charge in [-0.05, 0) is 24.3 Å². The third-order valence-electron chi connectivity index (χ3n) is 1.89. The van der Waals surface area contributed by atoms with Gasteiger partial charge in [0.05, 0.1) is 17.1 Å². The van der Waals surface area contributed by atoms with Crippen LogP contribution >= 0.6 is 11.8 Å². The van der Waals surface area contributed by atoms with Crippen molar-refractivity contribution in [2.24, 2.45) is 0 Å². The van der Waals surface area contributed by atoms with Crippen molar-refractivity contribution in [1.29, 1.82) is 0 Å². The summed E-state index contributed by atoms with van der Waals surface area (Å²) in [5, 5.41) is 19.6. The highest BCUT2D eigenvalue weighted by molar-refractivity contribution is 7.99. The molecule has 0 spiro atoms. The second-order valence-corrected chi connectivity index (χ2v) is 4.22. The fourth-order valence-electron chi connectivity index (χ4n) is 1.18. The third kappa shape index (κ3) is 3.21. The number of hydrogen-bond acceptors (Lipinski definition) is 4. The van der Waals surface area contributed by atoms with Gasteiger partial charge in [-0.1, -0.05) is 6.92 Å². The van der Waals surface area contributed by atoms with Crippen molar-refractivity contribution in [3.63, 3.8) is 0 Å². The molecule has 0 radical (unpaired) electrons. The molecule has 4 nitrogen and oxygen atoms in total. The highest BCUT2D eigenvalue weighted by Gasteiger charge is 2.12. The summed E-state index contributed by atoms with van der Waals surface area (Å²) in [6.07, 6.45) is 1.05. The Morgan fingerprint density at radius 2 is 2.27 bits per heavy atom. The number of hydrogen-bond donors (Lipinski definition) is 1. The predicted octanol–water partition coefficient (Wildman–Crippen LogP) is 2.59. The first-order chi connectivity index (χ1) is 7.19. The van der Waals surface area contributed by atoms with Gasteiger partial charge in [0, 0.05) is 11.0 Å². The molecule has 0 amide bonds. The monoisotopic (exact) mass is 227 g/mol. The molecule has 1 aromatic carbocycles. The van der Waals surface area contributed by atoms with E-state index in [2.05, 4.69) is 6.92 Å². The molecule has 1 rings (SSSR count). The Bertz CT molecular complexity index is 355. The maximum atomic E-state index is 10.6. The number of nitrogens with zero attached hydrogens (tertiary/aromatic N) is 1. The maximum Gasteiger partial charge on any atom is 0.274 e. The van der Waals surface area contributed by atoms with Gasteiger partial charge in [0.2, 0.25) is 0 Å². The predicted molar refractivity (Wildman–Crippen MR) is 60.0 cm³/mol. The van der Waals surface area contributed by atoms with Crippen LogP contribution in [-0.4, -0.2) is 15.8 Å². The van der Waals surface area contributed by atoms with Crippen molar-refractivity contribution >= 4 is 17.4 Å². The first kappa shape index (κ1) is 12.0. The van der Waals surface area contributed by atoms with Crippen LogP contribution in [0, 0.1) is 10.1 Å². The summed E-state index contributed by atoms with van der Waals surface area (Å²) in [7, 11) is 0. The average Bonchev–Trinajstić information content (AvgIpc) is 2.25. The van der Waals surface area contributed by atoms with Gasteiger partial charge in [-0.3, -0.25) is 10.1 Å². The Kier molecular flexibility index (Phi) is 4.58. The zero-order chi connectivity index (χ0) is 11.3. The van der Waals surface area contributed by atoms with E-state index in [9.17, 15) is 10.1 Å². The standard InChI is InChI=1S/C10H13NO3S/c1-2-5-15-9-3-4-10(11(13)14)8(6-9)7-12/h3-4,6,12H,2,5,7H2,1H3. The Balaban J connectivity index is 2.92. The summed E-state index contributed by atoms with van der Waals surface area (Å²) in [5.74, 6) is 0.975. The van der Waals surface area contributed by atoms with Crippen LogP contribution in [0.25, 0.3) is 0 Å². The Labute approximate surface area is 92.5 Å². The van der Waals surface area contributed by atoms with Crippen LogP contribution in [0.5, 0.6) is 0 Å². The van der Waals surface area contributed by atoms with Gasteiger partial charge in [-0.25, -0.2) is 0 Å². The lowest BCUT2D eigenvalue weighted by molar-refractivity contribution is -0.385. The first-order valence-corrected chi connectivity index (χ1v) is 5.68. The normalized spacial score (nSPS) is 10.3. The molecule has 0 saturated heterocycles. The van der Waals surface area contributed by atoms with Crippen molar-refractivity contribution in [3.8, 4) is 0 Å². The van der Waals surface area contributed by atoms with Crippen LogP contribution in [0.4, 0.5) is 5.69 Å². The quantitative estimate of drug-likeness (QED) is 0.477. The fourth-order valence-corrected chi connectivity index (χ4v) is 2.01. The molecule has 82 valence electrons. The van der Waals surface area contributed by atoms with Gasteiger partial charge in [0.15, 0.2) is 0 Å². The Hall–Kier alpha value is -1.07. The average molecular weight is 227 g/mol.